The minimum atomic E-state index is -4.04. The largest absolute Gasteiger partial charge is 0.336 e. The molecule has 0 aliphatic rings. The Morgan fingerprint density at radius 3 is 2.24 bits per heavy atom. The molecule has 0 bridgehead atoms. The minimum Gasteiger partial charge on any atom is -0.336 e. The maximum absolute atomic E-state index is 13.8. The van der Waals surface area contributed by atoms with E-state index < -0.39 is 20.7 Å². The molecule has 0 radical (unpaired) electrons. The molecule has 2 aromatic rings. The number of urea groups is 1. The maximum Gasteiger partial charge on any atom is 0.319 e. The lowest BCUT2D eigenvalue weighted by Crippen LogP contribution is -2.34. The number of halogens is 1. The fourth-order valence-electron chi connectivity index (χ4n) is 2.08. The fourth-order valence-corrected chi connectivity index (χ4v) is 3.30. The average Bonchev–Trinajstić information content (AvgIpc) is 2.50. The summed E-state index contributed by atoms with van der Waals surface area (Å²) in [7, 11) is -4.04. The molecule has 0 saturated carbocycles. The van der Waals surface area contributed by atoms with Gasteiger partial charge in [0.1, 0.15) is 10.7 Å². The van der Waals surface area contributed by atoms with Crippen molar-refractivity contribution in [1.82, 2.24) is 5.32 Å². The van der Waals surface area contributed by atoms with Gasteiger partial charge in [0.2, 0.25) is 0 Å². The predicted octanol–water partition coefficient (Wildman–Crippen LogP) is 3.46. The zero-order chi connectivity index (χ0) is 18.6. The van der Waals surface area contributed by atoms with E-state index in [1.807, 2.05) is 13.8 Å². The molecule has 2 rings (SSSR count). The summed E-state index contributed by atoms with van der Waals surface area (Å²) < 4.78 is 40.8. The van der Waals surface area contributed by atoms with Crippen LogP contribution in [0.2, 0.25) is 0 Å². The van der Waals surface area contributed by atoms with Crippen LogP contribution in [-0.4, -0.2) is 20.5 Å². The van der Waals surface area contributed by atoms with E-state index in [9.17, 15) is 17.6 Å². The highest BCUT2D eigenvalue weighted by molar-refractivity contribution is 7.92. The third-order valence-electron chi connectivity index (χ3n) is 3.19. The first-order valence-corrected chi connectivity index (χ1v) is 9.12. The number of carbonyl (C=O) groups is 1. The third-order valence-corrected chi connectivity index (χ3v) is 4.59. The SMILES string of the molecule is Cc1ccc(F)c(S(=O)(=O)Nc2ccc(NC(=O)NC(C)C)cc2)c1. The van der Waals surface area contributed by atoms with Crippen LogP contribution in [0.1, 0.15) is 19.4 Å². The Kier molecular flexibility index (Phi) is 5.63. The molecule has 25 heavy (non-hydrogen) atoms. The van der Waals surface area contributed by atoms with Gasteiger partial charge in [-0.1, -0.05) is 6.07 Å². The normalized spacial score (nSPS) is 11.2. The molecule has 0 unspecified atom stereocenters. The molecule has 0 aliphatic heterocycles. The Hall–Kier alpha value is -2.61. The number of amides is 2. The van der Waals surface area contributed by atoms with E-state index in [0.717, 1.165) is 6.07 Å². The highest BCUT2D eigenvalue weighted by Gasteiger charge is 2.19. The van der Waals surface area contributed by atoms with Crippen LogP contribution < -0.4 is 15.4 Å². The number of hydrogen-bond donors (Lipinski definition) is 3. The van der Waals surface area contributed by atoms with Crippen molar-refractivity contribution in [2.75, 3.05) is 10.0 Å². The molecule has 0 spiro atoms. The van der Waals surface area contributed by atoms with Gasteiger partial charge in [0.05, 0.1) is 0 Å². The molecular weight excluding hydrogens is 345 g/mol. The minimum absolute atomic E-state index is 0.00434. The van der Waals surface area contributed by atoms with Crippen LogP contribution >= 0.6 is 0 Å². The average molecular weight is 365 g/mol. The van der Waals surface area contributed by atoms with Crippen molar-refractivity contribution >= 4 is 27.4 Å². The van der Waals surface area contributed by atoms with Gasteiger partial charge >= 0.3 is 6.03 Å². The van der Waals surface area contributed by atoms with Gasteiger partial charge in [0, 0.05) is 17.4 Å². The van der Waals surface area contributed by atoms with Crippen molar-refractivity contribution in [3.63, 3.8) is 0 Å². The lowest BCUT2D eigenvalue weighted by Gasteiger charge is -2.12. The van der Waals surface area contributed by atoms with Crippen LogP contribution in [0.3, 0.4) is 0 Å². The summed E-state index contributed by atoms with van der Waals surface area (Å²) in [6.45, 7) is 5.35. The maximum atomic E-state index is 13.8. The Balaban J connectivity index is 2.12. The first kappa shape index (κ1) is 18.7. The highest BCUT2D eigenvalue weighted by Crippen LogP contribution is 2.21. The lowest BCUT2D eigenvalue weighted by molar-refractivity contribution is 0.250. The molecule has 3 N–H and O–H groups in total. The zero-order valence-electron chi connectivity index (χ0n) is 14.1. The summed E-state index contributed by atoms with van der Waals surface area (Å²) in [4.78, 5) is 11.2. The van der Waals surface area contributed by atoms with Crippen molar-refractivity contribution in [3.8, 4) is 0 Å². The smallest absolute Gasteiger partial charge is 0.319 e. The second-order valence-electron chi connectivity index (χ2n) is 5.87. The van der Waals surface area contributed by atoms with Crippen LogP contribution in [0.25, 0.3) is 0 Å². The lowest BCUT2D eigenvalue weighted by atomic mass is 10.2. The second-order valence-corrected chi connectivity index (χ2v) is 7.52. The number of hydrogen-bond acceptors (Lipinski definition) is 3. The van der Waals surface area contributed by atoms with Gasteiger partial charge in [0.25, 0.3) is 10.0 Å². The molecule has 0 saturated heterocycles. The number of anilines is 2. The molecule has 0 aliphatic carbocycles. The van der Waals surface area contributed by atoms with E-state index in [1.54, 1.807) is 19.1 Å². The van der Waals surface area contributed by atoms with E-state index in [-0.39, 0.29) is 17.8 Å². The Labute approximate surface area is 146 Å². The first-order chi connectivity index (χ1) is 11.7. The van der Waals surface area contributed by atoms with Gasteiger partial charge in [-0.2, -0.15) is 0 Å². The van der Waals surface area contributed by atoms with Gasteiger partial charge in [-0.3, -0.25) is 4.72 Å². The van der Waals surface area contributed by atoms with Crippen molar-refractivity contribution < 1.29 is 17.6 Å². The van der Waals surface area contributed by atoms with Crippen LogP contribution in [0, 0.1) is 12.7 Å². The molecule has 0 fully saturated rings. The summed E-state index contributed by atoms with van der Waals surface area (Å²) in [6.07, 6.45) is 0. The molecule has 0 heterocycles. The van der Waals surface area contributed by atoms with E-state index in [4.69, 9.17) is 0 Å². The van der Waals surface area contributed by atoms with E-state index in [2.05, 4.69) is 15.4 Å². The molecule has 0 atom stereocenters. The Bertz CT molecular complexity index is 865. The van der Waals surface area contributed by atoms with Crippen LogP contribution in [-0.2, 0) is 10.0 Å². The number of rotatable bonds is 5. The topological polar surface area (TPSA) is 87.3 Å². The first-order valence-electron chi connectivity index (χ1n) is 7.64. The van der Waals surface area contributed by atoms with Crippen LogP contribution in [0.15, 0.2) is 47.4 Å². The Morgan fingerprint density at radius 1 is 1.04 bits per heavy atom. The third kappa shape index (κ3) is 5.18. The van der Waals surface area contributed by atoms with Crippen molar-refractivity contribution in [2.45, 2.75) is 31.7 Å². The number of nitrogens with one attached hydrogen (secondary N) is 3. The molecule has 2 aromatic carbocycles. The van der Waals surface area contributed by atoms with Gasteiger partial charge < -0.3 is 10.6 Å². The van der Waals surface area contributed by atoms with Gasteiger partial charge in [-0.15, -0.1) is 0 Å². The number of benzene rings is 2. The summed E-state index contributed by atoms with van der Waals surface area (Å²) in [5.41, 5.74) is 1.40. The number of carbonyl (C=O) groups excluding carboxylic acids is 1. The van der Waals surface area contributed by atoms with Crippen molar-refractivity contribution in [3.05, 3.63) is 53.8 Å². The summed E-state index contributed by atoms with van der Waals surface area (Å²) in [5, 5.41) is 5.30. The number of sulfonamides is 1. The quantitative estimate of drug-likeness (QED) is 0.758. The molecule has 0 aromatic heterocycles. The summed E-state index contributed by atoms with van der Waals surface area (Å²) >= 11 is 0. The summed E-state index contributed by atoms with van der Waals surface area (Å²) in [6, 6.07) is 9.58. The zero-order valence-corrected chi connectivity index (χ0v) is 14.9. The monoisotopic (exact) mass is 365 g/mol. The highest BCUT2D eigenvalue weighted by atomic mass is 32.2. The summed E-state index contributed by atoms with van der Waals surface area (Å²) in [5.74, 6) is -0.818. The second kappa shape index (κ2) is 7.52. The predicted molar refractivity (Wildman–Crippen MR) is 95.7 cm³/mol. The van der Waals surface area contributed by atoms with E-state index in [1.165, 1.54) is 24.3 Å². The van der Waals surface area contributed by atoms with Gasteiger partial charge in [0.15, 0.2) is 0 Å². The molecular formula is C17H20FN3O3S. The van der Waals surface area contributed by atoms with E-state index in [0.29, 0.717) is 11.3 Å². The standard InChI is InChI=1S/C17H20FN3O3S/c1-11(2)19-17(22)20-13-5-7-14(8-6-13)21-25(23,24)16-10-12(3)4-9-15(16)18/h4-11,21H,1-3H3,(H2,19,20,22). The van der Waals surface area contributed by atoms with Crippen molar-refractivity contribution in [2.24, 2.45) is 0 Å². The fraction of sp³-hybridized carbons (Fsp3) is 0.235. The van der Waals surface area contributed by atoms with Crippen LogP contribution in [0.5, 0.6) is 0 Å². The molecule has 8 heteroatoms. The number of aryl methyl sites for hydroxylation is 1. The van der Waals surface area contributed by atoms with Crippen molar-refractivity contribution in [1.29, 1.82) is 0 Å². The Morgan fingerprint density at radius 2 is 1.64 bits per heavy atom. The van der Waals surface area contributed by atoms with Crippen LogP contribution in [0.4, 0.5) is 20.6 Å². The molecule has 134 valence electrons. The van der Waals surface area contributed by atoms with Gasteiger partial charge in [-0.05, 0) is 62.7 Å². The molecule has 6 nitrogen and oxygen atoms in total. The van der Waals surface area contributed by atoms with E-state index >= 15 is 0 Å². The molecule has 2 amide bonds. The van der Waals surface area contributed by atoms with Gasteiger partial charge in [-0.25, -0.2) is 17.6 Å².